The molecule has 4 N–H and O–H groups in total. The van der Waals surface area contributed by atoms with Crippen LogP contribution in [-0.4, -0.2) is 80.1 Å². The lowest BCUT2D eigenvalue weighted by molar-refractivity contribution is -0.150. The van der Waals surface area contributed by atoms with Crippen LogP contribution >= 0.6 is 23.1 Å². The molecule has 3 aliphatic heterocycles. The minimum atomic E-state index is -1.32. The fourth-order valence-electron chi connectivity index (χ4n) is 7.47. The van der Waals surface area contributed by atoms with Crippen molar-refractivity contribution >= 4 is 57.6 Å². The van der Waals surface area contributed by atoms with Crippen molar-refractivity contribution in [2.24, 2.45) is 5.16 Å². The number of methoxy groups -OCH3 is 1. The molecular weight excluding hydrogens is 789 g/mol. The number of aromatic nitrogens is 1. The number of likely N-dealkylation sites (tertiary alicyclic amines) is 1. The van der Waals surface area contributed by atoms with E-state index >= 15 is 0 Å². The van der Waals surface area contributed by atoms with Crippen molar-refractivity contribution in [3.8, 4) is 5.75 Å². The van der Waals surface area contributed by atoms with E-state index in [-0.39, 0.29) is 33.9 Å². The molecule has 0 spiro atoms. The summed E-state index contributed by atoms with van der Waals surface area (Å²) >= 11 is 2.40. The van der Waals surface area contributed by atoms with E-state index in [0.29, 0.717) is 36.4 Å². The van der Waals surface area contributed by atoms with E-state index in [9.17, 15) is 24.3 Å². The zero-order valence-electron chi connectivity index (χ0n) is 31.7. The molecule has 0 bridgehead atoms. The molecule has 0 aliphatic carbocycles. The zero-order valence-corrected chi connectivity index (χ0v) is 33.3. The number of nitrogens with two attached hydrogens (primary N) is 1. The maximum Gasteiger partial charge on any atom is 0.352 e. The van der Waals surface area contributed by atoms with Crippen molar-refractivity contribution < 1.29 is 33.9 Å². The molecule has 1 aromatic heterocycles. The first-order valence-corrected chi connectivity index (χ1v) is 20.6. The van der Waals surface area contributed by atoms with Gasteiger partial charge in [0.2, 0.25) is 11.5 Å². The summed E-state index contributed by atoms with van der Waals surface area (Å²) in [6, 6.07) is 34.8. The highest BCUT2D eigenvalue weighted by Crippen LogP contribution is 2.43. The van der Waals surface area contributed by atoms with Gasteiger partial charge in [-0.3, -0.25) is 19.3 Å². The minimum absolute atomic E-state index is 0.135. The molecule has 8 rings (SSSR count). The van der Waals surface area contributed by atoms with Crippen molar-refractivity contribution in [2.75, 3.05) is 25.1 Å². The first-order chi connectivity index (χ1) is 28.7. The van der Waals surface area contributed by atoms with E-state index in [1.165, 1.54) is 16.7 Å². The van der Waals surface area contributed by atoms with Gasteiger partial charge in [-0.05, 0) is 35.8 Å². The molecule has 2 fully saturated rings. The largest absolute Gasteiger partial charge is 0.497 e. The number of nitrogen functional groups attached to an aromatic ring is 1. The Labute approximate surface area is 347 Å². The molecule has 4 heterocycles. The molecule has 0 radical (unpaired) electrons. The quantitative estimate of drug-likeness (QED) is 0.0449. The fraction of sp³-hybridized carbons (Fsp3) is 0.182. The van der Waals surface area contributed by atoms with Crippen LogP contribution in [0, 0.1) is 0 Å². The SMILES string of the molecule is COc1ccc(CN2CCC(=CC3=C(C(=O)O)N4C(=O)[C@@H](NC(=O)C(=NOC(c5ccccc5)(c5ccccc5)c5ccccc5)c5csc(N)n5)[C@H]4SC3)C2=O)cc1. The topological polar surface area (TPSA) is 177 Å². The van der Waals surface area contributed by atoms with Crippen LogP contribution in [0.5, 0.6) is 5.75 Å². The van der Waals surface area contributed by atoms with Crippen LogP contribution in [0.4, 0.5) is 5.13 Å². The van der Waals surface area contributed by atoms with E-state index in [2.05, 4.69) is 15.5 Å². The lowest BCUT2D eigenvalue weighted by atomic mass is 9.80. The molecule has 4 aromatic carbocycles. The number of amides is 3. The van der Waals surface area contributed by atoms with Gasteiger partial charge in [-0.1, -0.05) is 108 Å². The van der Waals surface area contributed by atoms with Gasteiger partial charge in [0.25, 0.3) is 11.8 Å². The number of thioether (sulfide) groups is 1. The third-order valence-electron chi connectivity index (χ3n) is 10.4. The second-order valence-corrected chi connectivity index (χ2v) is 15.9. The van der Waals surface area contributed by atoms with Crippen molar-refractivity contribution in [3.05, 3.63) is 172 Å². The van der Waals surface area contributed by atoms with Gasteiger partial charge >= 0.3 is 5.97 Å². The molecule has 13 nitrogen and oxygen atoms in total. The third kappa shape index (κ3) is 7.57. The monoisotopic (exact) mass is 826 g/mol. The number of benzene rings is 4. The van der Waals surface area contributed by atoms with Gasteiger partial charge in [-0.15, -0.1) is 23.1 Å². The van der Waals surface area contributed by atoms with Gasteiger partial charge < -0.3 is 30.6 Å². The molecule has 2 saturated heterocycles. The number of hydrogen-bond donors (Lipinski definition) is 3. The second kappa shape index (κ2) is 16.6. The molecule has 0 saturated carbocycles. The van der Waals surface area contributed by atoms with E-state index in [1.807, 2.05) is 115 Å². The standard InChI is InChI=1S/C44H38N6O7S2/c1-56-33-19-17-27(18-20-33)24-49-22-21-28(39(49)52)23-29-25-58-41-36(40(53)50(41)37(29)42(54)55)47-38(51)35(34-26-59-43(45)46-34)48-57-44(30-11-5-2-6-12-30,31-13-7-3-8-14-31)32-15-9-4-10-16-32/h2-20,23,26,36,41H,21-22,24-25H2,1H3,(H2,45,46)(H,47,51)(H,54,55)/t36-,41-/m1/s1. The van der Waals surface area contributed by atoms with Gasteiger partial charge in [-0.25, -0.2) is 9.78 Å². The highest BCUT2D eigenvalue weighted by atomic mass is 32.2. The lowest BCUT2D eigenvalue weighted by Gasteiger charge is -2.49. The summed E-state index contributed by atoms with van der Waals surface area (Å²) in [5, 5.41) is 18.7. The molecule has 2 atom stereocenters. The predicted molar refractivity (Wildman–Crippen MR) is 224 cm³/mol. The zero-order chi connectivity index (χ0) is 41.1. The molecule has 15 heteroatoms. The smallest absolute Gasteiger partial charge is 0.352 e. The number of fused-ring (bicyclic) bond motifs is 1. The van der Waals surface area contributed by atoms with Crippen molar-refractivity contribution in [1.82, 2.24) is 20.1 Å². The van der Waals surface area contributed by atoms with Gasteiger partial charge in [0, 0.05) is 46.5 Å². The summed E-state index contributed by atoms with van der Waals surface area (Å²) in [4.78, 5) is 68.1. The number of nitrogens with one attached hydrogen (secondary N) is 1. The second-order valence-electron chi connectivity index (χ2n) is 13.9. The summed E-state index contributed by atoms with van der Waals surface area (Å²) < 4.78 is 5.23. The Bertz CT molecular complexity index is 2390. The Hall–Kier alpha value is -6.71. The average Bonchev–Trinajstić information content (AvgIpc) is 3.85. The van der Waals surface area contributed by atoms with Crippen LogP contribution in [0.1, 0.15) is 34.4 Å². The number of anilines is 1. The van der Waals surface area contributed by atoms with Crippen molar-refractivity contribution in [3.63, 3.8) is 0 Å². The Morgan fingerprint density at radius 2 is 1.56 bits per heavy atom. The average molecular weight is 827 g/mol. The van der Waals surface area contributed by atoms with E-state index in [0.717, 1.165) is 33.6 Å². The number of β-lactam (4-membered cyclic amide) rings is 1. The van der Waals surface area contributed by atoms with Gasteiger partial charge in [0.05, 0.1) is 7.11 Å². The summed E-state index contributed by atoms with van der Waals surface area (Å²) in [5.41, 5.74) is 8.35. The van der Waals surface area contributed by atoms with Crippen molar-refractivity contribution in [1.29, 1.82) is 0 Å². The first kappa shape index (κ1) is 39.1. The number of hydrogen-bond acceptors (Lipinski definition) is 11. The maximum absolute atomic E-state index is 14.3. The van der Waals surface area contributed by atoms with Crippen LogP contribution in [0.15, 0.2) is 149 Å². The van der Waals surface area contributed by atoms with Crippen LogP contribution < -0.4 is 15.8 Å². The van der Waals surface area contributed by atoms with Crippen molar-refractivity contribution in [2.45, 2.75) is 30.0 Å². The molecule has 5 aromatic rings. The lowest BCUT2D eigenvalue weighted by Crippen LogP contribution is -2.71. The summed E-state index contributed by atoms with van der Waals surface area (Å²) in [6.45, 7) is 0.865. The first-order valence-electron chi connectivity index (χ1n) is 18.7. The Morgan fingerprint density at radius 1 is 0.949 bits per heavy atom. The Balaban J connectivity index is 1.06. The molecule has 59 heavy (non-hydrogen) atoms. The highest BCUT2D eigenvalue weighted by Gasteiger charge is 2.54. The minimum Gasteiger partial charge on any atom is -0.497 e. The number of oxime groups is 1. The molecule has 298 valence electrons. The van der Waals surface area contributed by atoms with Crippen LogP contribution in [0.2, 0.25) is 0 Å². The Morgan fingerprint density at radius 3 is 2.10 bits per heavy atom. The summed E-state index contributed by atoms with van der Waals surface area (Å²) in [6.07, 6.45) is 2.02. The molecule has 3 amide bonds. The number of carbonyl (C=O) groups excluding carboxylic acids is 3. The van der Waals surface area contributed by atoms with E-state index < -0.39 is 34.8 Å². The number of rotatable bonds is 13. The van der Waals surface area contributed by atoms with E-state index in [4.69, 9.17) is 15.3 Å². The molecular formula is C44H38N6O7S2. The number of thiazole rings is 1. The van der Waals surface area contributed by atoms with E-state index in [1.54, 1.807) is 23.5 Å². The van der Waals surface area contributed by atoms with Gasteiger partial charge in [0.1, 0.15) is 28.6 Å². The number of carboxylic acid groups (broad SMARTS) is 1. The van der Waals surface area contributed by atoms with Gasteiger partial charge in [-0.2, -0.15) is 0 Å². The molecule has 0 unspecified atom stereocenters. The number of allylic oxidation sites excluding steroid dienone is 1. The Kier molecular flexibility index (Phi) is 11.0. The number of carboxylic acids is 1. The third-order valence-corrected chi connectivity index (χ3v) is 12.4. The summed E-state index contributed by atoms with van der Waals surface area (Å²) in [5.74, 6) is -1.98. The van der Waals surface area contributed by atoms with Crippen LogP contribution in [0.3, 0.4) is 0 Å². The number of carbonyl (C=O) groups is 4. The number of aliphatic carboxylic acids is 1. The highest BCUT2D eigenvalue weighted by molar-refractivity contribution is 8.00. The molecule has 3 aliphatic rings. The summed E-state index contributed by atoms with van der Waals surface area (Å²) in [7, 11) is 1.59. The number of ether oxygens (including phenoxy) is 1. The number of nitrogens with zero attached hydrogens (tertiary/aromatic N) is 4. The van der Waals surface area contributed by atoms with Gasteiger partial charge in [0.15, 0.2) is 10.8 Å². The predicted octanol–water partition coefficient (Wildman–Crippen LogP) is 5.54. The maximum atomic E-state index is 14.3. The fourth-order valence-corrected chi connectivity index (χ4v) is 9.32. The van der Waals surface area contributed by atoms with Crippen LogP contribution in [-0.2, 0) is 36.2 Å². The normalized spacial score (nSPS) is 18.7. The van der Waals surface area contributed by atoms with Crippen LogP contribution in [0.25, 0.3) is 0 Å².